The Morgan fingerprint density at radius 3 is 2.59 bits per heavy atom. The minimum Gasteiger partial charge on any atom is -0.393 e. The molecule has 2 aromatic rings. The molecule has 1 amide bonds. The molecule has 1 aliphatic rings. The highest BCUT2D eigenvalue weighted by Crippen LogP contribution is 2.31. The third-order valence-electron chi connectivity index (χ3n) is 4.09. The van der Waals surface area contributed by atoms with Crippen molar-refractivity contribution in [1.82, 2.24) is 8.69 Å². The molecule has 1 saturated carbocycles. The van der Waals surface area contributed by atoms with Crippen molar-refractivity contribution in [2.75, 3.05) is 5.32 Å². The number of nitrogens with zero attached hydrogens (tertiary/aromatic N) is 1. The smallest absolute Gasteiger partial charge is 0.272 e. The van der Waals surface area contributed by atoms with Crippen LogP contribution in [0.25, 0.3) is 0 Å². The molecule has 0 radical (unpaired) electrons. The first kappa shape index (κ1) is 19.8. The zero-order chi connectivity index (χ0) is 19.8. The molecule has 0 unspecified atom stereocenters. The van der Waals surface area contributed by atoms with Crippen molar-refractivity contribution in [3.05, 3.63) is 47.8 Å². The topological polar surface area (TPSA) is 100 Å². The zero-order valence-electron chi connectivity index (χ0n) is 14.1. The Balaban J connectivity index is 1.70. The molecule has 0 aliphatic heterocycles. The normalized spacial score (nSPS) is 19.6. The zero-order valence-corrected chi connectivity index (χ0v) is 15.8. The number of carbonyl (C=O) groups is 1. The van der Waals surface area contributed by atoms with Crippen LogP contribution < -0.4 is 9.44 Å². The van der Waals surface area contributed by atoms with Crippen molar-refractivity contribution < 1.29 is 27.1 Å². The number of hydrogen-bond acceptors (Lipinski definition) is 5. The Morgan fingerprint density at radius 2 is 1.96 bits per heavy atom. The first-order chi connectivity index (χ1) is 12.7. The van der Waals surface area contributed by atoms with Gasteiger partial charge in [0.2, 0.25) is 0 Å². The van der Waals surface area contributed by atoms with Gasteiger partial charge in [-0.2, -0.15) is 4.13 Å². The van der Waals surface area contributed by atoms with Crippen molar-refractivity contribution >= 4 is 33.6 Å². The molecule has 1 aromatic heterocycles. The minimum atomic E-state index is -3.85. The van der Waals surface area contributed by atoms with Crippen LogP contribution in [0.3, 0.4) is 0 Å². The number of aryl methyl sites for hydroxylation is 1. The van der Waals surface area contributed by atoms with Gasteiger partial charge >= 0.3 is 0 Å². The largest absolute Gasteiger partial charge is 0.393 e. The Morgan fingerprint density at radius 1 is 1.26 bits per heavy atom. The first-order valence-corrected chi connectivity index (χ1v) is 10.3. The molecule has 0 spiro atoms. The maximum Gasteiger partial charge on any atom is 0.272 e. The first-order valence-electron chi connectivity index (χ1n) is 7.94. The number of amides is 1. The summed E-state index contributed by atoms with van der Waals surface area (Å²) in [5.74, 6) is -2.81. The lowest BCUT2D eigenvalue weighted by Gasteiger charge is -2.30. The van der Waals surface area contributed by atoms with Crippen LogP contribution in [0.15, 0.2) is 35.4 Å². The lowest BCUT2D eigenvalue weighted by atomic mass is 9.96. The van der Waals surface area contributed by atoms with Gasteiger partial charge in [0.1, 0.15) is 10.6 Å². The monoisotopic (exact) mass is 417 g/mol. The van der Waals surface area contributed by atoms with E-state index in [1.165, 1.54) is 29.9 Å². The van der Waals surface area contributed by atoms with Gasteiger partial charge in [0.25, 0.3) is 15.9 Å². The fourth-order valence-electron chi connectivity index (χ4n) is 2.49. The molecule has 1 heterocycles. The highest BCUT2D eigenvalue weighted by molar-refractivity contribution is 8.09. The van der Waals surface area contributed by atoms with Gasteiger partial charge in [-0.05, 0) is 31.0 Å². The van der Waals surface area contributed by atoms with Gasteiger partial charge in [-0.1, -0.05) is 11.9 Å². The second-order valence-corrected chi connectivity index (χ2v) is 9.25. The van der Waals surface area contributed by atoms with Gasteiger partial charge in [-0.15, -0.1) is 0 Å². The van der Waals surface area contributed by atoms with Crippen LogP contribution in [0.5, 0.6) is 0 Å². The highest BCUT2D eigenvalue weighted by Gasteiger charge is 2.30. The van der Waals surface area contributed by atoms with Gasteiger partial charge in [0, 0.05) is 30.2 Å². The fraction of sp³-hybridized carbons (Fsp3) is 0.312. The molecule has 3 rings (SSSR count). The lowest BCUT2D eigenvalue weighted by molar-refractivity contribution is 0.100. The summed E-state index contributed by atoms with van der Waals surface area (Å²) in [6.45, 7) is 0. The minimum absolute atomic E-state index is 0.00892. The van der Waals surface area contributed by atoms with Crippen molar-refractivity contribution in [2.24, 2.45) is 7.05 Å². The van der Waals surface area contributed by atoms with Crippen LogP contribution in [0.1, 0.15) is 23.3 Å². The van der Waals surface area contributed by atoms with Crippen LogP contribution in [0.4, 0.5) is 14.5 Å². The van der Waals surface area contributed by atoms with Crippen LogP contribution in [0, 0.1) is 11.6 Å². The van der Waals surface area contributed by atoms with Crippen LogP contribution in [-0.4, -0.2) is 35.4 Å². The number of anilines is 1. The average Bonchev–Trinajstić information content (AvgIpc) is 2.97. The van der Waals surface area contributed by atoms with Crippen LogP contribution >= 0.6 is 11.9 Å². The quantitative estimate of drug-likeness (QED) is 0.625. The Bertz CT molecular complexity index is 972. The summed E-state index contributed by atoms with van der Waals surface area (Å²) in [5, 5.41) is 11.6. The van der Waals surface area contributed by atoms with Gasteiger partial charge in [0.15, 0.2) is 11.6 Å². The number of rotatable bonds is 6. The molecule has 1 aromatic carbocycles. The summed E-state index contributed by atoms with van der Waals surface area (Å²) in [5.41, 5.74) is 0.0749. The Hall–Kier alpha value is -1.95. The number of hydrogen-bond donors (Lipinski definition) is 3. The molecule has 3 N–H and O–H groups in total. The molecule has 0 bridgehead atoms. The van der Waals surface area contributed by atoms with Gasteiger partial charge < -0.3 is 15.0 Å². The lowest BCUT2D eigenvalue weighted by Crippen LogP contribution is -2.33. The summed E-state index contributed by atoms with van der Waals surface area (Å²) in [7, 11) is -2.35. The molecule has 146 valence electrons. The summed E-state index contributed by atoms with van der Waals surface area (Å²) in [6, 6.07) is 4.10. The third kappa shape index (κ3) is 4.49. The SMILES string of the molecule is Cn1cc(S(=O)(=O)NSC2CC(O)C2)cc1C(=O)Nc1ccc(F)c(F)c1. The Labute approximate surface area is 158 Å². The summed E-state index contributed by atoms with van der Waals surface area (Å²) in [6.07, 6.45) is 1.92. The predicted octanol–water partition coefficient (Wildman–Crippen LogP) is 2.01. The standard InChI is InChI=1S/C16H17F2N3O4S2/c1-21-8-12(27(24,25)20-26-11-5-10(22)6-11)7-15(21)16(23)19-9-2-3-13(17)14(18)4-9/h2-4,7-8,10-11,20,22H,5-6H2,1H3,(H,19,23). The van der Waals surface area contributed by atoms with Crippen molar-refractivity contribution in [2.45, 2.75) is 29.1 Å². The number of aromatic nitrogens is 1. The number of halogens is 2. The fourth-order valence-corrected chi connectivity index (χ4v) is 5.13. The molecule has 11 heteroatoms. The molecular weight excluding hydrogens is 400 g/mol. The summed E-state index contributed by atoms with van der Waals surface area (Å²) in [4.78, 5) is 12.2. The molecule has 27 heavy (non-hydrogen) atoms. The van der Waals surface area contributed by atoms with Crippen LogP contribution in [0.2, 0.25) is 0 Å². The van der Waals surface area contributed by atoms with Crippen molar-refractivity contribution in [3.63, 3.8) is 0 Å². The average molecular weight is 417 g/mol. The van der Waals surface area contributed by atoms with E-state index < -0.39 is 33.7 Å². The van der Waals surface area contributed by atoms with E-state index in [4.69, 9.17) is 0 Å². The van der Waals surface area contributed by atoms with Gasteiger partial charge in [-0.3, -0.25) is 4.79 Å². The highest BCUT2D eigenvalue weighted by atomic mass is 32.3. The molecule has 0 atom stereocenters. The van der Waals surface area contributed by atoms with E-state index in [-0.39, 0.29) is 21.5 Å². The number of nitrogens with one attached hydrogen (secondary N) is 2. The number of aliphatic hydroxyl groups is 1. The number of carbonyl (C=O) groups excluding carboxylic acids is 1. The number of sulfonamides is 1. The maximum absolute atomic E-state index is 13.2. The van der Waals surface area contributed by atoms with E-state index in [1.807, 2.05) is 0 Å². The second-order valence-electron chi connectivity index (χ2n) is 6.21. The maximum atomic E-state index is 13.2. The summed E-state index contributed by atoms with van der Waals surface area (Å²) >= 11 is 1.01. The van der Waals surface area contributed by atoms with Crippen molar-refractivity contribution in [3.8, 4) is 0 Å². The number of aliphatic hydroxyl groups excluding tert-OH is 1. The Kier molecular flexibility index (Phi) is 5.56. The van der Waals surface area contributed by atoms with E-state index in [0.717, 1.165) is 24.1 Å². The molecule has 1 fully saturated rings. The third-order valence-corrected chi connectivity index (χ3v) is 6.92. The van der Waals surface area contributed by atoms with E-state index in [0.29, 0.717) is 12.8 Å². The van der Waals surface area contributed by atoms with E-state index in [9.17, 15) is 27.1 Å². The van der Waals surface area contributed by atoms with E-state index >= 15 is 0 Å². The molecule has 0 saturated heterocycles. The van der Waals surface area contributed by atoms with Gasteiger partial charge in [0.05, 0.1) is 6.10 Å². The van der Waals surface area contributed by atoms with E-state index in [1.54, 1.807) is 0 Å². The number of benzene rings is 1. The van der Waals surface area contributed by atoms with Gasteiger partial charge in [-0.25, -0.2) is 17.2 Å². The summed E-state index contributed by atoms with van der Waals surface area (Å²) < 4.78 is 54.6. The molecule has 1 aliphatic carbocycles. The molecule has 7 nitrogen and oxygen atoms in total. The van der Waals surface area contributed by atoms with Crippen LogP contribution in [-0.2, 0) is 17.1 Å². The van der Waals surface area contributed by atoms with E-state index in [2.05, 4.69) is 9.44 Å². The predicted molar refractivity (Wildman–Crippen MR) is 96.7 cm³/mol. The van der Waals surface area contributed by atoms with Crippen molar-refractivity contribution in [1.29, 1.82) is 0 Å². The second kappa shape index (κ2) is 7.58. The molecular formula is C16H17F2N3O4S2.